The lowest BCUT2D eigenvalue weighted by Gasteiger charge is -2.07. The van der Waals surface area contributed by atoms with Gasteiger partial charge in [-0.1, -0.05) is 90.2 Å². The van der Waals surface area contributed by atoms with Gasteiger partial charge in [0.2, 0.25) is 0 Å². The summed E-state index contributed by atoms with van der Waals surface area (Å²) in [5.74, 6) is 0.288. The fourth-order valence-corrected chi connectivity index (χ4v) is 4.53. The molecule has 144 valence electrons. The maximum absolute atomic E-state index is 12.4. The molecule has 25 heavy (non-hydrogen) atoms. The van der Waals surface area contributed by atoms with Crippen molar-refractivity contribution in [2.24, 2.45) is 0 Å². The van der Waals surface area contributed by atoms with Crippen LogP contribution in [0.4, 0.5) is 0 Å². The van der Waals surface area contributed by atoms with Gasteiger partial charge in [0.15, 0.2) is 9.84 Å². The molecule has 0 amide bonds. The molecule has 0 radical (unpaired) electrons. The summed E-state index contributed by atoms with van der Waals surface area (Å²) in [4.78, 5) is 0.493. The van der Waals surface area contributed by atoms with Crippen LogP contribution in [0.25, 0.3) is 0 Å². The molecule has 2 nitrogen and oxygen atoms in total. The number of rotatable bonds is 15. The molecular weight excluding hydrogens is 328 g/mol. The summed E-state index contributed by atoms with van der Waals surface area (Å²) in [6.45, 7) is 4.43. The van der Waals surface area contributed by atoms with Crippen LogP contribution in [0.15, 0.2) is 29.2 Å². The molecule has 0 aliphatic rings. The second kappa shape index (κ2) is 13.4. The highest BCUT2D eigenvalue weighted by Crippen LogP contribution is 2.17. The van der Waals surface area contributed by atoms with Gasteiger partial charge in [-0.05, 0) is 37.0 Å². The number of aryl methyl sites for hydroxylation is 1. The van der Waals surface area contributed by atoms with Gasteiger partial charge in [-0.25, -0.2) is 8.42 Å². The Labute approximate surface area is 156 Å². The van der Waals surface area contributed by atoms with Crippen LogP contribution >= 0.6 is 0 Å². The minimum absolute atomic E-state index is 0.288. The highest BCUT2D eigenvalue weighted by Gasteiger charge is 2.13. The zero-order valence-electron chi connectivity index (χ0n) is 16.4. The van der Waals surface area contributed by atoms with Crippen molar-refractivity contribution >= 4 is 9.84 Å². The first-order valence-corrected chi connectivity index (χ1v) is 12.1. The Kier molecular flexibility index (Phi) is 11.9. The van der Waals surface area contributed by atoms with Crippen LogP contribution in [0.3, 0.4) is 0 Å². The molecule has 1 rings (SSSR count). The molecule has 3 heteroatoms. The molecule has 0 spiro atoms. The second-order valence-electron chi connectivity index (χ2n) is 7.25. The standard InChI is InChI=1S/C22H38O2S/c1-3-5-7-9-11-13-15-21-16-18-22(19-17-21)25(23,24)20-14-12-10-8-6-4-2/h16-19H,3-15,20H2,1-2H3. The Morgan fingerprint density at radius 1 is 0.640 bits per heavy atom. The van der Waals surface area contributed by atoms with Crippen molar-refractivity contribution in [1.82, 2.24) is 0 Å². The van der Waals surface area contributed by atoms with Crippen LogP contribution in [0, 0.1) is 0 Å². The third-order valence-corrected chi connectivity index (χ3v) is 6.68. The maximum Gasteiger partial charge on any atom is 0.178 e. The van der Waals surface area contributed by atoms with Crippen molar-refractivity contribution in [1.29, 1.82) is 0 Å². The van der Waals surface area contributed by atoms with Crippen molar-refractivity contribution in [2.75, 3.05) is 5.75 Å². The van der Waals surface area contributed by atoms with Crippen LogP contribution in [-0.4, -0.2) is 14.2 Å². The molecule has 0 aliphatic carbocycles. The number of benzene rings is 1. The summed E-state index contributed by atoms with van der Waals surface area (Å²) in [6.07, 6.45) is 15.5. The second-order valence-corrected chi connectivity index (χ2v) is 9.36. The molecule has 1 aromatic rings. The molecule has 0 unspecified atom stereocenters. The van der Waals surface area contributed by atoms with E-state index in [4.69, 9.17) is 0 Å². The molecule has 0 fully saturated rings. The summed E-state index contributed by atoms with van der Waals surface area (Å²) >= 11 is 0. The fourth-order valence-electron chi connectivity index (χ4n) is 3.16. The van der Waals surface area contributed by atoms with Crippen LogP contribution in [0.2, 0.25) is 0 Å². The maximum atomic E-state index is 12.4. The van der Waals surface area contributed by atoms with Gasteiger partial charge in [0, 0.05) is 0 Å². The van der Waals surface area contributed by atoms with E-state index in [1.54, 1.807) is 12.1 Å². The predicted octanol–water partition coefficient (Wildman–Crippen LogP) is 6.72. The third kappa shape index (κ3) is 10.0. The van der Waals surface area contributed by atoms with Gasteiger partial charge in [0.25, 0.3) is 0 Å². The van der Waals surface area contributed by atoms with Gasteiger partial charge in [-0.3, -0.25) is 0 Å². The van der Waals surface area contributed by atoms with E-state index in [0.717, 1.165) is 25.7 Å². The summed E-state index contributed by atoms with van der Waals surface area (Å²) in [5.41, 5.74) is 1.26. The van der Waals surface area contributed by atoms with Gasteiger partial charge in [-0.2, -0.15) is 0 Å². The molecule has 0 atom stereocenters. The van der Waals surface area contributed by atoms with Crippen molar-refractivity contribution in [3.8, 4) is 0 Å². The Balaban J connectivity index is 2.31. The molecule has 0 bridgehead atoms. The SMILES string of the molecule is CCCCCCCCc1ccc(S(=O)(=O)CCCCCCCC)cc1. The summed E-state index contributed by atoms with van der Waals surface area (Å²) in [6, 6.07) is 7.61. The molecule has 1 aromatic carbocycles. The predicted molar refractivity (Wildman–Crippen MR) is 109 cm³/mol. The van der Waals surface area contributed by atoms with Gasteiger partial charge in [0.05, 0.1) is 10.6 Å². The minimum atomic E-state index is -3.11. The molecule has 0 saturated carbocycles. The lowest BCUT2D eigenvalue weighted by atomic mass is 10.1. The molecule has 0 aliphatic heterocycles. The van der Waals surface area contributed by atoms with Crippen molar-refractivity contribution in [3.63, 3.8) is 0 Å². The summed E-state index contributed by atoms with van der Waals surface area (Å²) < 4.78 is 24.8. The largest absolute Gasteiger partial charge is 0.224 e. The van der Waals surface area contributed by atoms with Gasteiger partial charge in [-0.15, -0.1) is 0 Å². The zero-order chi connectivity index (χ0) is 18.4. The Bertz CT molecular complexity index is 532. The van der Waals surface area contributed by atoms with E-state index in [9.17, 15) is 8.42 Å². The monoisotopic (exact) mass is 366 g/mol. The number of hydrogen-bond acceptors (Lipinski definition) is 2. The van der Waals surface area contributed by atoms with Crippen molar-refractivity contribution in [3.05, 3.63) is 29.8 Å². The van der Waals surface area contributed by atoms with E-state index in [-0.39, 0.29) is 5.75 Å². The van der Waals surface area contributed by atoms with Gasteiger partial charge < -0.3 is 0 Å². The third-order valence-electron chi connectivity index (χ3n) is 4.87. The lowest BCUT2D eigenvalue weighted by molar-refractivity contribution is 0.583. The number of sulfone groups is 1. The van der Waals surface area contributed by atoms with E-state index in [0.29, 0.717) is 4.90 Å². The lowest BCUT2D eigenvalue weighted by Crippen LogP contribution is -2.07. The van der Waals surface area contributed by atoms with Crippen LogP contribution in [-0.2, 0) is 16.3 Å². The van der Waals surface area contributed by atoms with E-state index in [2.05, 4.69) is 13.8 Å². The van der Waals surface area contributed by atoms with E-state index in [1.165, 1.54) is 63.4 Å². The molecule has 0 aromatic heterocycles. The van der Waals surface area contributed by atoms with Crippen molar-refractivity contribution in [2.45, 2.75) is 102 Å². The van der Waals surface area contributed by atoms with Crippen LogP contribution in [0.1, 0.15) is 96.5 Å². The number of unbranched alkanes of at least 4 members (excludes halogenated alkanes) is 10. The summed E-state index contributed by atoms with van der Waals surface area (Å²) in [7, 11) is -3.11. The highest BCUT2D eigenvalue weighted by molar-refractivity contribution is 7.91. The zero-order valence-corrected chi connectivity index (χ0v) is 17.3. The molecule has 0 N–H and O–H groups in total. The van der Waals surface area contributed by atoms with Gasteiger partial charge >= 0.3 is 0 Å². The van der Waals surface area contributed by atoms with Crippen LogP contribution < -0.4 is 0 Å². The summed E-state index contributed by atoms with van der Waals surface area (Å²) in [5, 5.41) is 0. The Morgan fingerprint density at radius 3 is 1.68 bits per heavy atom. The van der Waals surface area contributed by atoms with E-state index >= 15 is 0 Å². The van der Waals surface area contributed by atoms with E-state index < -0.39 is 9.84 Å². The Hall–Kier alpha value is -0.830. The quantitative estimate of drug-likeness (QED) is 0.323. The molecular formula is C22H38O2S. The first kappa shape index (κ1) is 22.2. The first-order valence-electron chi connectivity index (χ1n) is 10.4. The minimum Gasteiger partial charge on any atom is -0.224 e. The van der Waals surface area contributed by atoms with E-state index in [1.807, 2.05) is 12.1 Å². The molecule has 0 saturated heterocycles. The normalized spacial score (nSPS) is 11.8. The fraction of sp³-hybridized carbons (Fsp3) is 0.727. The first-order chi connectivity index (χ1) is 12.1. The van der Waals surface area contributed by atoms with Crippen LogP contribution in [0.5, 0.6) is 0 Å². The number of hydrogen-bond donors (Lipinski definition) is 0. The Morgan fingerprint density at radius 2 is 1.12 bits per heavy atom. The van der Waals surface area contributed by atoms with Crippen molar-refractivity contribution < 1.29 is 8.42 Å². The average molecular weight is 367 g/mol. The molecule has 0 heterocycles. The highest BCUT2D eigenvalue weighted by atomic mass is 32.2. The van der Waals surface area contributed by atoms with Gasteiger partial charge in [0.1, 0.15) is 0 Å². The average Bonchev–Trinajstić information content (AvgIpc) is 2.61. The topological polar surface area (TPSA) is 34.1 Å². The smallest absolute Gasteiger partial charge is 0.178 e.